The summed E-state index contributed by atoms with van der Waals surface area (Å²) < 4.78 is 11.3. The van der Waals surface area contributed by atoms with E-state index in [1.807, 2.05) is 0 Å². The fourth-order valence-corrected chi connectivity index (χ4v) is 5.99. The number of allylic oxidation sites excluding steroid dienone is 4. The SMILES string of the molecule is CCC/C=C1\OC(=O)C2=C1CCC([C@@H]1CC[C@H]3/C(=C/CCC)OC(=O)C3C1)[C@H]2C. The molecular weight excluding hydrogens is 364 g/mol. The average Bonchev–Trinajstić information content (AvgIpc) is 3.21. The van der Waals surface area contributed by atoms with Gasteiger partial charge in [0.05, 0.1) is 5.92 Å². The topological polar surface area (TPSA) is 52.6 Å². The number of unbranched alkanes of at least 4 members (excludes halogenated alkanes) is 2. The molecule has 0 aromatic carbocycles. The standard InChI is InChI=1S/C25H34O4/c1-4-6-8-21-18-11-10-16(14-20(18)24(26)28-21)17-12-13-19-22(9-7-5-2)29-25(27)23(19)15(17)3/h8-9,15-18,20H,4-7,10-14H2,1-3H3/b21-8-,22-9-/t15-,16-,17?,18-,20?/m1/s1. The van der Waals surface area contributed by atoms with Gasteiger partial charge in [-0.3, -0.25) is 4.79 Å². The molecule has 29 heavy (non-hydrogen) atoms. The Labute approximate surface area is 174 Å². The zero-order valence-corrected chi connectivity index (χ0v) is 18.0. The van der Waals surface area contributed by atoms with Crippen molar-refractivity contribution in [3.8, 4) is 0 Å². The summed E-state index contributed by atoms with van der Waals surface area (Å²) in [5, 5.41) is 0. The largest absolute Gasteiger partial charge is 0.431 e. The maximum Gasteiger partial charge on any atom is 0.340 e. The first kappa shape index (κ1) is 20.4. The number of hydrogen-bond donors (Lipinski definition) is 0. The number of carbonyl (C=O) groups excluding carboxylic acids is 2. The van der Waals surface area contributed by atoms with E-state index in [1.54, 1.807) is 0 Å². The van der Waals surface area contributed by atoms with E-state index in [4.69, 9.17) is 9.47 Å². The van der Waals surface area contributed by atoms with Gasteiger partial charge in [0.2, 0.25) is 0 Å². The van der Waals surface area contributed by atoms with Gasteiger partial charge in [-0.15, -0.1) is 0 Å². The Morgan fingerprint density at radius 1 is 0.966 bits per heavy atom. The lowest BCUT2D eigenvalue weighted by Crippen LogP contribution is -2.34. The van der Waals surface area contributed by atoms with Crippen molar-refractivity contribution in [2.75, 3.05) is 0 Å². The van der Waals surface area contributed by atoms with E-state index in [-0.39, 0.29) is 29.7 Å². The van der Waals surface area contributed by atoms with Gasteiger partial charge in [0, 0.05) is 17.1 Å². The Morgan fingerprint density at radius 3 is 2.48 bits per heavy atom. The van der Waals surface area contributed by atoms with Crippen molar-refractivity contribution in [1.29, 1.82) is 0 Å². The summed E-state index contributed by atoms with van der Waals surface area (Å²) >= 11 is 0. The monoisotopic (exact) mass is 398 g/mol. The molecule has 2 fully saturated rings. The minimum Gasteiger partial charge on any atom is -0.431 e. The molecule has 4 aliphatic rings. The summed E-state index contributed by atoms with van der Waals surface area (Å²) in [6.07, 6.45) is 13.3. The van der Waals surface area contributed by atoms with Crippen LogP contribution in [0.2, 0.25) is 0 Å². The average molecular weight is 399 g/mol. The van der Waals surface area contributed by atoms with Gasteiger partial charge in [-0.2, -0.15) is 0 Å². The third kappa shape index (κ3) is 3.71. The van der Waals surface area contributed by atoms with Gasteiger partial charge in [0.15, 0.2) is 0 Å². The molecule has 1 saturated carbocycles. The van der Waals surface area contributed by atoms with Crippen molar-refractivity contribution >= 4 is 11.9 Å². The highest BCUT2D eigenvalue weighted by molar-refractivity contribution is 5.95. The van der Waals surface area contributed by atoms with Crippen molar-refractivity contribution < 1.29 is 19.1 Å². The molecule has 4 nitrogen and oxygen atoms in total. The zero-order valence-electron chi connectivity index (χ0n) is 18.0. The van der Waals surface area contributed by atoms with E-state index in [0.717, 1.165) is 80.5 Å². The van der Waals surface area contributed by atoms with Gasteiger partial charge < -0.3 is 9.47 Å². The van der Waals surface area contributed by atoms with Crippen LogP contribution in [0.5, 0.6) is 0 Å². The van der Waals surface area contributed by atoms with Crippen LogP contribution >= 0.6 is 0 Å². The fourth-order valence-electron chi connectivity index (χ4n) is 5.99. The van der Waals surface area contributed by atoms with Gasteiger partial charge in [0.1, 0.15) is 11.5 Å². The molecule has 0 radical (unpaired) electrons. The van der Waals surface area contributed by atoms with Crippen LogP contribution in [0.15, 0.2) is 34.8 Å². The predicted molar refractivity (Wildman–Crippen MR) is 111 cm³/mol. The molecule has 0 amide bonds. The molecule has 0 aromatic heterocycles. The summed E-state index contributed by atoms with van der Waals surface area (Å²) in [5.41, 5.74) is 2.05. The lowest BCUT2D eigenvalue weighted by atomic mass is 9.63. The van der Waals surface area contributed by atoms with Gasteiger partial charge in [-0.05, 0) is 74.9 Å². The van der Waals surface area contributed by atoms with E-state index in [9.17, 15) is 9.59 Å². The van der Waals surface area contributed by atoms with Crippen molar-refractivity contribution in [2.45, 2.75) is 78.6 Å². The van der Waals surface area contributed by atoms with Gasteiger partial charge in [0.25, 0.3) is 0 Å². The summed E-state index contributed by atoms with van der Waals surface area (Å²) in [7, 11) is 0. The van der Waals surface area contributed by atoms with Crippen molar-refractivity contribution in [3.63, 3.8) is 0 Å². The Balaban J connectivity index is 1.49. The van der Waals surface area contributed by atoms with Gasteiger partial charge in [-0.1, -0.05) is 33.6 Å². The number of cyclic esters (lactones) is 2. The van der Waals surface area contributed by atoms with E-state index in [0.29, 0.717) is 11.8 Å². The number of rotatable bonds is 5. The molecule has 4 rings (SSSR count). The summed E-state index contributed by atoms with van der Waals surface area (Å²) in [4.78, 5) is 25.1. The number of hydrogen-bond acceptors (Lipinski definition) is 4. The molecule has 2 aliphatic heterocycles. The number of esters is 2. The smallest absolute Gasteiger partial charge is 0.340 e. The van der Waals surface area contributed by atoms with Crippen molar-refractivity contribution in [3.05, 3.63) is 34.8 Å². The first-order valence-electron chi connectivity index (χ1n) is 11.6. The zero-order chi connectivity index (χ0) is 20.5. The summed E-state index contributed by atoms with van der Waals surface area (Å²) in [6.45, 7) is 6.47. The van der Waals surface area contributed by atoms with E-state index in [1.165, 1.54) is 0 Å². The molecule has 4 heteroatoms. The normalized spacial score (nSPS) is 37.0. The molecule has 158 valence electrons. The van der Waals surface area contributed by atoms with Crippen LogP contribution in [0.4, 0.5) is 0 Å². The van der Waals surface area contributed by atoms with Crippen LogP contribution < -0.4 is 0 Å². The molecule has 2 unspecified atom stereocenters. The quantitative estimate of drug-likeness (QED) is 0.546. The van der Waals surface area contributed by atoms with Crippen molar-refractivity contribution in [1.82, 2.24) is 0 Å². The fraction of sp³-hybridized carbons (Fsp3) is 0.680. The molecule has 5 atom stereocenters. The predicted octanol–water partition coefficient (Wildman–Crippen LogP) is 5.84. The molecule has 0 bridgehead atoms. The molecule has 0 spiro atoms. The Morgan fingerprint density at radius 2 is 1.72 bits per heavy atom. The third-order valence-electron chi connectivity index (χ3n) is 7.51. The summed E-state index contributed by atoms with van der Waals surface area (Å²) in [5.74, 6) is 2.98. The maximum absolute atomic E-state index is 12.6. The number of fused-ring (bicyclic) bond motifs is 1. The van der Waals surface area contributed by atoms with Gasteiger partial charge >= 0.3 is 11.9 Å². The first-order valence-corrected chi connectivity index (χ1v) is 11.6. The minimum atomic E-state index is -0.140. The lowest BCUT2D eigenvalue weighted by molar-refractivity contribution is -0.140. The summed E-state index contributed by atoms with van der Waals surface area (Å²) in [6, 6.07) is 0. The van der Waals surface area contributed by atoms with Crippen molar-refractivity contribution in [2.24, 2.45) is 29.6 Å². The highest BCUT2D eigenvalue weighted by Crippen LogP contribution is 2.52. The minimum absolute atomic E-state index is 0.00923. The highest BCUT2D eigenvalue weighted by atomic mass is 16.5. The van der Waals surface area contributed by atoms with Crippen LogP contribution in [0, 0.1) is 29.6 Å². The van der Waals surface area contributed by atoms with E-state index in [2.05, 4.69) is 32.9 Å². The second-order valence-corrected chi connectivity index (χ2v) is 9.23. The second-order valence-electron chi connectivity index (χ2n) is 9.23. The van der Waals surface area contributed by atoms with E-state index >= 15 is 0 Å². The molecular formula is C25H34O4. The van der Waals surface area contributed by atoms with Crippen LogP contribution in [0.1, 0.15) is 78.6 Å². The lowest BCUT2D eigenvalue weighted by Gasteiger charge is -2.39. The van der Waals surface area contributed by atoms with Crippen LogP contribution in [0.25, 0.3) is 0 Å². The first-order chi connectivity index (χ1) is 14.0. The Kier molecular flexibility index (Phi) is 5.98. The van der Waals surface area contributed by atoms with Gasteiger partial charge in [-0.25, -0.2) is 4.79 Å². The molecule has 1 saturated heterocycles. The molecule has 2 aliphatic carbocycles. The van der Waals surface area contributed by atoms with Crippen LogP contribution in [-0.4, -0.2) is 11.9 Å². The third-order valence-corrected chi connectivity index (χ3v) is 7.51. The Hall–Kier alpha value is -1.84. The van der Waals surface area contributed by atoms with Crippen LogP contribution in [-0.2, 0) is 19.1 Å². The molecule has 0 aromatic rings. The maximum atomic E-state index is 12.6. The number of carbonyl (C=O) groups is 2. The number of ether oxygens (including phenoxy) is 2. The molecule has 2 heterocycles. The Bertz CT molecular complexity index is 772. The molecule has 0 N–H and O–H groups in total. The highest BCUT2D eigenvalue weighted by Gasteiger charge is 2.49. The second kappa shape index (κ2) is 8.49. The van der Waals surface area contributed by atoms with E-state index < -0.39 is 0 Å². The van der Waals surface area contributed by atoms with Crippen LogP contribution in [0.3, 0.4) is 0 Å².